The van der Waals surface area contributed by atoms with E-state index in [1.165, 1.54) is 11.8 Å². The van der Waals surface area contributed by atoms with Gasteiger partial charge in [-0.1, -0.05) is 24.8 Å². The zero-order valence-corrected chi connectivity index (χ0v) is 15.9. The van der Waals surface area contributed by atoms with Crippen molar-refractivity contribution < 1.29 is 4.79 Å². The molecule has 3 rings (SSSR count). The summed E-state index contributed by atoms with van der Waals surface area (Å²) in [4.78, 5) is 34.1. The lowest BCUT2D eigenvalue weighted by atomic mass is 10.1. The van der Waals surface area contributed by atoms with Gasteiger partial charge in [-0.2, -0.15) is 5.26 Å². The van der Waals surface area contributed by atoms with E-state index < -0.39 is 0 Å². The standard InChI is InChI=1S/C19H21N5O2S/c1-2-7-24-8-6-16-15(11-24)18(26)23-19(22-16)27-12-17(25)21-14-5-3-4-13(9-14)10-20/h3-5,9H,2,6-8,11-12H2,1H3,(H,21,25)(H,22,23,26). The van der Waals surface area contributed by atoms with Gasteiger partial charge in [0.25, 0.3) is 5.56 Å². The maximum atomic E-state index is 12.4. The van der Waals surface area contributed by atoms with Crippen molar-refractivity contribution in [1.29, 1.82) is 5.26 Å². The number of aromatic nitrogens is 2. The maximum absolute atomic E-state index is 12.4. The molecule has 0 unspecified atom stereocenters. The molecule has 0 bridgehead atoms. The minimum Gasteiger partial charge on any atom is -0.325 e. The van der Waals surface area contributed by atoms with E-state index >= 15 is 0 Å². The number of aromatic amines is 1. The van der Waals surface area contributed by atoms with Crippen LogP contribution in [0.4, 0.5) is 5.69 Å². The summed E-state index contributed by atoms with van der Waals surface area (Å²) in [6, 6.07) is 8.76. The molecule has 0 spiro atoms. The van der Waals surface area contributed by atoms with Crippen LogP contribution in [0.2, 0.25) is 0 Å². The number of nitrogens with zero attached hydrogens (tertiary/aromatic N) is 3. The second-order valence-corrected chi connectivity index (χ2v) is 7.32. The van der Waals surface area contributed by atoms with Crippen molar-refractivity contribution in [2.45, 2.75) is 31.5 Å². The zero-order valence-electron chi connectivity index (χ0n) is 15.1. The number of carbonyl (C=O) groups excluding carboxylic acids is 1. The molecule has 0 saturated carbocycles. The second kappa shape index (κ2) is 8.84. The van der Waals surface area contributed by atoms with Gasteiger partial charge in [0.15, 0.2) is 5.16 Å². The monoisotopic (exact) mass is 383 g/mol. The number of amides is 1. The normalized spacial score (nSPS) is 13.6. The molecule has 1 aliphatic rings. The van der Waals surface area contributed by atoms with Crippen molar-refractivity contribution in [3.05, 3.63) is 51.4 Å². The Hall–Kier alpha value is -2.63. The molecule has 0 atom stereocenters. The molecule has 1 amide bonds. The molecule has 8 heteroatoms. The fourth-order valence-corrected chi connectivity index (χ4v) is 3.71. The summed E-state index contributed by atoms with van der Waals surface area (Å²) in [7, 11) is 0. The molecule has 140 valence electrons. The van der Waals surface area contributed by atoms with Gasteiger partial charge in [-0.05, 0) is 31.2 Å². The molecule has 0 radical (unpaired) electrons. The van der Waals surface area contributed by atoms with Gasteiger partial charge in [-0.25, -0.2) is 4.98 Å². The number of nitriles is 1. The maximum Gasteiger partial charge on any atom is 0.256 e. The van der Waals surface area contributed by atoms with Crippen LogP contribution in [-0.4, -0.2) is 39.6 Å². The Kier molecular flexibility index (Phi) is 6.27. The minimum absolute atomic E-state index is 0.120. The topological polar surface area (TPSA) is 102 Å². The number of fused-ring (bicyclic) bond motifs is 1. The number of H-pyrrole nitrogens is 1. The Labute approximate surface area is 161 Å². The quantitative estimate of drug-likeness (QED) is 0.585. The van der Waals surface area contributed by atoms with Gasteiger partial charge in [0.05, 0.1) is 28.6 Å². The second-order valence-electron chi connectivity index (χ2n) is 6.35. The van der Waals surface area contributed by atoms with Gasteiger partial charge in [-0.15, -0.1) is 0 Å². The molecule has 2 heterocycles. The lowest BCUT2D eigenvalue weighted by Crippen LogP contribution is -2.36. The van der Waals surface area contributed by atoms with Crippen LogP contribution in [0.25, 0.3) is 0 Å². The van der Waals surface area contributed by atoms with Crippen LogP contribution in [0.1, 0.15) is 30.2 Å². The van der Waals surface area contributed by atoms with Crippen LogP contribution < -0.4 is 10.9 Å². The average Bonchev–Trinajstić information content (AvgIpc) is 2.67. The van der Waals surface area contributed by atoms with Crippen molar-refractivity contribution in [1.82, 2.24) is 14.9 Å². The number of nitrogens with one attached hydrogen (secondary N) is 2. The van der Waals surface area contributed by atoms with Gasteiger partial charge in [0, 0.05) is 25.2 Å². The highest BCUT2D eigenvalue weighted by Crippen LogP contribution is 2.18. The van der Waals surface area contributed by atoms with Crippen molar-refractivity contribution in [3.63, 3.8) is 0 Å². The first-order valence-electron chi connectivity index (χ1n) is 8.86. The van der Waals surface area contributed by atoms with E-state index in [1.807, 2.05) is 6.07 Å². The smallest absolute Gasteiger partial charge is 0.256 e. The Morgan fingerprint density at radius 3 is 3.11 bits per heavy atom. The van der Waals surface area contributed by atoms with Gasteiger partial charge in [0.2, 0.25) is 5.91 Å². The third-order valence-electron chi connectivity index (χ3n) is 4.28. The summed E-state index contributed by atoms with van der Waals surface area (Å²) in [5, 5.41) is 12.1. The molecule has 0 aliphatic carbocycles. The van der Waals surface area contributed by atoms with Crippen molar-refractivity contribution in [2.24, 2.45) is 0 Å². The van der Waals surface area contributed by atoms with E-state index in [4.69, 9.17) is 5.26 Å². The highest BCUT2D eigenvalue weighted by molar-refractivity contribution is 7.99. The Morgan fingerprint density at radius 1 is 1.48 bits per heavy atom. The lowest BCUT2D eigenvalue weighted by molar-refractivity contribution is -0.113. The zero-order chi connectivity index (χ0) is 19.2. The average molecular weight is 383 g/mol. The van der Waals surface area contributed by atoms with Gasteiger partial charge >= 0.3 is 0 Å². The van der Waals surface area contributed by atoms with Crippen LogP contribution in [0.15, 0.2) is 34.2 Å². The number of hydrogen-bond donors (Lipinski definition) is 2. The molecular formula is C19H21N5O2S. The highest BCUT2D eigenvalue weighted by Gasteiger charge is 2.20. The summed E-state index contributed by atoms with van der Waals surface area (Å²) >= 11 is 1.20. The van der Waals surface area contributed by atoms with Crippen molar-refractivity contribution in [3.8, 4) is 6.07 Å². The lowest BCUT2D eigenvalue weighted by Gasteiger charge is -2.27. The van der Waals surface area contributed by atoms with E-state index in [-0.39, 0.29) is 17.2 Å². The van der Waals surface area contributed by atoms with Crippen LogP contribution >= 0.6 is 11.8 Å². The van der Waals surface area contributed by atoms with Crippen LogP contribution in [0, 0.1) is 11.3 Å². The summed E-state index contributed by atoms with van der Waals surface area (Å²) in [5.41, 5.74) is 2.50. The third kappa shape index (κ3) is 4.96. The summed E-state index contributed by atoms with van der Waals surface area (Å²) in [6.07, 6.45) is 1.81. The number of carbonyl (C=O) groups is 1. The number of benzene rings is 1. The van der Waals surface area contributed by atoms with Crippen LogP contribution in [-0.2, 0) is 17.8 Å². The summed E-state index contributed by atoms with van der Waals surface area (Å²) < 4.78 is 0. The van der Waals surface area contributed by atoms with E-state index in [1.54, 1.807) is 24.3 Å². The molecule has 1 aromatic carbocycles. The third-order valence-corrected chi connectivity index (χ3v) is 5.15. The Bertz CT molecular complexity index is 934. The predicted molar refractivity (Wildman–Crippen MR) is 105 cm³/mol. The number of anilines is 1. The van der Waals surface area contributed by atoms with Gasteiger partial charge in [-0.3, -0.25) is 14.5 Å². The number of hydrogen-bond acceptors (Lipinski definition) is 6. The molecule has 0 saturated heterocycles. The number of rotatable bonds is 6. The van der Waals surface area contributed by atoms with Crippen LogP contribution in [0.5, 0.6) is 0 Å². The van der Waals surface area contributed by atoms with Crippen molar-refractivity contribution >= 4 is 23.4 Å². The predicted octanol–water partition coefficient (Wildman–Crippen LogP) is 2.14. The minimum atomic E-state index is -0.218. The molecule has 0 fully saturated rings. The molecule has 27 heavy (non-hydrogen) atoms. The first kappa shape index (κ1) is 19.1. The fraction of sp³-hybridized carbons (Fsp3) is 0.368. The largest absolute Gasteiger partial charge is 0.325 e. The van der Waals surface area contributed by atoms with Crippen LogP contribution in [0.3, 0.4) is 0 Å². The summed E-state index contributed by atoms with van der Waals surface area (Å²) in [6.45, 7) is 4.63. The molecule has 2 aromatic rings. The summed E-state index contributed by atoms with van der Waals surface area (Å²) in [5.74, 6) is -0.0925. The van der Waals surface area contributed by atoms with E-state index in [9.17, 15) is 9.59 Å². The van der Waals surface area contributed by atoms with E-state index in [2.05, 4.69) is 27.1 Å². The van der Waals surface area contributed by atoms with Gasteiger partial charge < -0.3 is 10.3 Å². The molecule has 2 N–H and O–H groups in total. The Morgan fingerprint density at radius 2 is 2.33 bits per heavy atom. The SMILES string of the molecule is CCCN1CCc2nc(SCC(=O)Nc3cccc(C#N)c3)[nH]c(=O)c2C1. The van der Waals surface area contributed by atoms with Crippen molar-refractivity contribution in [2.75, 3.05) is 24.2 Å². The van der Waals surface area contributed by atoms with E-state index in [0.717, 1.165) is 37.2 Å². The highest BCUT2D eigenvalue weighted by atomic mass is 32.2. The first-order chi connectivity index (χ1) is 13.1. The molecule has 1 aromatic heterocycles. The first-order valence-corrected chi connectivity index (χ1v) is 9.85. The van der Waals surface area contributed by atoms with E-state index in [0.29, 0.717) is 23.0 Å². The molecular weight excluding hydrogens is 362 g/mol. The molecule has 1 aliphatic heterocycles. The Balaban J connectivity index is 1.61. The molecule has 7 nitrogen and oxygen atoms in total. The van der Waals surface area contributed by atoms with Gasteiger partial charge in [0.1, 0.15) is 0 Å². The fourth-order valence-electron chi connectivity index (χ4n) is 3.03. The number of thioether (sulfide) groups is 1.